The van der Waals surface area contributed by atoms with Crippen LogP contribution in [0.15, 0.2) is 152 Å². The van der Waals surface area contributed by atoms with Gasteiger partial charge < -0.3 is 27.0 Å². The molecule has 9 nitrogen and oxygen atoms in total. The first kappa shape index (κ1) is 45.7. The van der Waals surface area contributed by atoms with Gasteiger partial charge in [-0.2, -0.15) is 0 Å². The van der Waals surface area contributed by atoms with Gasteiger partial charge in [0.25, 0.3) is 0 Å². The zero-order valence-electron chi connectivity index (χ0n) is 39.0. The zero-order valence-corrected chi connectivity index (χ0v) is 39.0. The summed E-state index contributed by atoms with van der Waals surface area (Å²) in [5, 5.41) is 12.9. The molecule has 68 heavy (non-hydrogen) atoms. The van der Waals surface area contributed by atoms with E-state index < -0.39 is 0 Å². The topological polar surface area (TPSA) is 142 Å². The van der Waals surface area contributed by atoms with Crippen molar-refractivity contribution in [1.29, 1.82) is 0 Å². The number of benzene rings is 5. The maximum Gasteiger partial charge on any atom is 0.224 e. The highest BCUT2D eigenvalue weighted by Gasteiger charge is 2.48. The average Bonchev–Trinajstić information content (AvgIpc) is 4.16. The Kier molecular flexibility index (Phi) is 13.9. The van der Waals surface area contributed by atoms with E-state index in [1.807, 2.05) is 78.9 Å². The smallest absolute Gasteiger partial charge is 0.224 e. The van der Waals surface area contributed by atoms with Gasteiger partial charge in [0.2, 0.25) is 23.6 Å². The number of nitrogens with one attached hydrogen (secondary N) is 4. The summed E-state index contributed by atoms with van der Waals surface area (Å²) < 4.78 is 0. The van der Waals surface area contributed by atoms with Crippen molar-refractivity contribution in [2.45, 2.75) is 130 Å². The summed E-state index contributed by atoms with van der Waals surface area (Å²) in [5.74, 6) is 1.91. The largest absolute Gasteiger partial charge is 0.352 e. The van der Waals surface area contributed by atoms with Crippen molar-refractivity contribution in [1.82, 2.24) is 21.3 Å². The molecule has 5 aromatic rings. The predicted molar refractivity (Wildman–Crippen MR) is 266 cm³/mol. The summed E-state index contributed by atoms with van der Waals surface area (Å²) in [6, 6.07) is 53.3. The number of carbonyl (C=O) groups is 4. The van der Waals surface area contributed by atoms with E-state index >= 15 is 0 Å². The lowest BCUT2D eigenvalue weighted by Gasteiger charge is -2.19. The number of rotatable bonds is 13. The van der Waals surface area contributed by atoms with E-state index in [-0.39, 0.29) is 71.5 Å². The second kappa shape index (κ2) is 20.7. The number of hydrogen-bond donors (Lipinski definition) is 5. The summed E-state index contributed by atoms with van der Waals surface area (Å²) >= 11 is 0. The number of carbonyl (C=O) groups excluding carboxylic acids is 4. The van der Waals surface area contributed by atoms with Gasteiger partial charge in [0.1, 0.15) is 0 Å². The van der Waals surface area contributed by atoms with Gasteiger partial charge in [-0.3, -0.25) is 19.2 Å². The minimum atomic E-state index is -0.180. The minimum absolute atomic E-state index is 0.0708. The highest BCUT2D eigenvalue weighted by atomic mass is 16.2. The van der Waals surface area contributed by atoms with Crippen LogP contribution in [-0.2, 0) is 19.2 Å². The van der Waals surface area contributed by atoms with Crippen LogP contribution in [0.25, 0.3) is 0 Å². The highest BCUT2D eigenvalue weighted by molar-refractivity contribution is 5.90. The molecule has 4 amide bonds. The van der Waals surface area contributed by atoms with Crippen molar-refractivity contribution >= 4 is 23.6 Å². The summed E-state index contributed by atoms with van der Waals surface area (Å²) in [5.41, 5.74) is 12.3. The third-order valence-corrected chi connectivity index (χ3v) is 15.8. The lowest BCUT2D eigenvalue weighted by Crippen LogP contribution is -2.41. The minimum Gasteiger partial charge on any atom is -0.352 e. The standard InChI is InChI=1S/2C25H28N2O2.C9H11N/c2*28-24(26-22-14-20(22)16-8-3-1-4-9-16)18-12-7-13-19(18)25(29)27-23-15-21(23)17-10-5-2-6-11-17;10-9-6-8(9)7-4-2-1-3-5-7/h2*1-6,8-11,18-23H,7,12-15H2,(H,26,28)(H,27,29);1-5,8-9H,6,10H2/t18-,19-,20+,21+,22-,23-;18-,19-,20-,21-,22+,23+;8-,9+/m100/s1. The Labute approximate surface area is 401 Å². The van der Waals surface area contributed by atoms with Crippen LogP contribution in [0.3, 0.4) is 0 Å². The van der Waals surface area contributed by atoms with Crippen LogP contribution in [0.4, 0.5) is 0 Å². The molecule has 352 valence electrons. The highest BCUT2D eigenvalue weighted by Crippen LogP contribution is 2.45. The molecule has 0 unspecified atom stereocenters. The Hall–Kier alpha value is -6.06. The van der Waals surface area contributed by atoms with Crippen LogP contribution in [0, 0.1) is 23.7 Å². The molecule has 9 heteroatoms. The molecule has 0 radical (unpaired) electrons. The van der Waals surface area contributed by atoms with Gasteiger partial charge in [0.15, 0.2) is 0 Å². The van der Waals surface area contributed by atoms with Crippen molar-refractivity contribution in [2.75, 3.05) is 0 Å². The van der Waals surface area contributed by atoms with E-state index in [2.05, 4.69) is 94.1 Å². The fraction of sp³-hybridized carbons (Fsp3) is 0.424. The van der Waals surface area contributed by atoms with E-state index in [1.54, 1.807) is 0 Å². The van der Waals surface area contributed by atoms with Gasteiger partial charge >= 0.3 is 0 Å². The Balaban J connectivity index is 0.000000132. The third kappa shape index (κ3) is 11.3. The molecule has 6 N–H and O–H groups in total. The second-order valence-corrected chi connectivity index (χ2v) is 20.7. The van der Waals surface area contributed by atoms with E-state index in [4.69, 9.17) is 5.73 Å². The van der Waals surface area contributed by atoms with Gasteiger partial charge in [0.05, 0.1) is 0 Å². The molecule has 7 aliphatic carbocycles. The molecule has 0 bridgehead atoms. The van der Waals surface area contributed by atoms with Crippen LogP contribution in [0.1, 0.15) is 128 Å². The molecule has 0 aromatic heterocycles. The molecule has 7 saturated carbocycles. The van der Waals surface area contributed by atoms with Gasteiger partial charge in [0, 0.05) is 83.5 Å². The molecule has 0 heterocycles. The van der Waals surface area contributed by atoms with Gasteiger partial charge in [-0.1, -0.05) is 165 Å². The third-order valence-electron chi connectivity index (χ3n) is 15.8. The Morgan fingerprint density at radius 1 is 0.324 bits per heavy atom. The van der Waals surface area contributed by atoms with Crippen molar-refractivity contribution in [3.63, 3.8) is 0 Å². The molecule has 0 saturated heterocycles. The van der Waals surface area contributed by atoms with Crippen molar-refractivity contribution in [2.24, 2.45) is 29.4 Å². The van der Waals surface area contributed by atoms with Crippen LogP contribution in [-0.4, -0.2) is 53.8 Å². The first-order valence-electron chi connectivity index (χ1n) is 25.5. The van der Waals surface area contributed by atoms with Crippen molar-refractivity contribution in [3.8, 4) is 0 Å². The monoisotopic (exact) mass is 910 g/mol. The van der Waals surface area contributed by atoms with Crippen molar-refractivity contribution in [3.05, 3.63) is 179 Å². The Bertz CT molecular complexity index is 2200. The molecular formula is C59H67N5O4. The molecule has 12 rings (SSSR count). The summed E-state index contributed by atoms with van der Waals surface area (Å²) in [4.78, 5) is 51.5. The summed E-state index contributed by atoms with van der Waals surface area (Å²) in [7, 11) is 0. The molecule has 5 aromatic carbocycles. The fourth-order valence-electron chi connectivity index (χ4n) is 11.3. The van der Waals surface area contributed by atoms with E-state index in [0.717, 1.165) is 64.2 Å². The molecule has 7 fully saturated rings. The second-order valence-electron chi connectivity index (χ2n) is 20.7. The van der Waals surface area contributed by atoms with E-state index in [0.29, 0.717) is 35.6 Å². The first-order valence-corrected chi connectivity index (χ1v) is 25.5. The molecule has 0 spiro atoms. The van der Waals surface area contributed by atoms with Crippen LogP contribution in [0.2, 0.25) is 0 Å². The van der Waals surface area contributed by atoms with E-state index in [1.165, 1.54) is 34.2 Å². The number of nitrogens with two attached hydrogens (primary N) is 1. The van der Waals surface area contributed by atoms with Crippen molar-refractivity contribution < 1.29 is 19.2 Å². The van der Waals surface area contributed by atoms with Gasteiger partial charge in [-0.25, -0.2) is 0 Å². The maximum absolute atomic E-state index is 12.9. The van der Waals surface area contributed by atoms with Gasteiger partial charge in [-0.15, -0.1) is 0 Å². The molecule has 0 aliphatic heterocycles. The lowest BCUT2D eigenvalue weighted by atomic mass is 9.94. The van der Waals surface area contributed by atoms with E-state index in [9.17, 15) is 19.2 Å². The maximum atomic E-state index is 12.9. The predicted octanol–water partition coefficient (Wildman–Crippen LogP) is 9.00. The van der Waals surface area contributed by atoms with Crippen LogP contribution in [0.5, 0.6) is 0 Å². The summed E-state index contributed by atoms with van der Waals surface area (Å²) in [6.07, 6.45) is 10.4. The quantitative estimate of drug-likeness (QED) is 0.0802. The number of hydrogen-bond acceptors (Lipinski definition) is 5. The van der Waals surface area contributed by atoms with Gasteiger partial charge in [-0.05, 0) is 85.6 Å². The van der Waals surface area contributed by atoms with Crippen LogP contribution >= 0.6 is 0 Å². The molecule has 7 aliphatic rings. The normalized spacial score (nSPS) is 32.1. The molecular weight excluding hydrogens is 843 g/mol. The summed E-state index contributed by atoms with van der Waals surface area (Å²) in [6.45, 7) is 0. The first-order chi connectivity index (χ1) is 33.3. The molecule has 14 atom stereocenters. The SMILES string of the molecule is N[C@@H]1C[C@H]1c1ccccc1.O=C(N[C@@H]1C[C@H]1c1ccccc1)[C@@H]1CCC[C@H]1C(=O)N[C@@H]1C[C@H]1c1ccccc1.O=C(N[C@@H]1C[C@H]1c1ccccc1)[C@H]1CCC[C@@H]1C(=O)N[C@@H]1C[C@H]1c1ccccc1. The van der Waals surface area contributed by atoms with Crippen LogP contribution < -0.4 is 27.0 Å². The lowest BCUT2D eigenvalue weighted by molar-refractivity contribution is -0.133. The fourth-order valence-corrected chi connectivity index (χ4v) is 11.3. The Morgan fingerprint density at radius 3 is 0.735 bits per heavy atom. The Morgan fingerprint density at radius 2 is 0.529 bits per heavy atom. The number of amides is 4. The zero-order chi connectivity index (χ0) is 46.6. The average molecular weight is 910 g/mol.